The van der Waals surface area contributed by atoms with Crippen LogP contribution in [0.2, 0.25) is 0 Å². The Labute approximate surface area is 153 Å². The van der Waals surface area contributed by atoms with Crippen molar-refractivity contribution in [1.29, 1.82) is 0 Å². The summed E-state index contributed by atoms with van der Waals surface area (Å²) in [6, 6.07) is 6.00. The van der Waals surface area contributed by atoms with Crippen molar-refractivity contribution in [2.24, 2.45) is 0 Å². The van der Waals surface area contributed by atoms with Crippen molar-refractivity contribution in [2.75, 3.05) is 0 Å². The number of nitrogens with zero attached hydrogens (tertiary/aromatic N) is 2. The van der Waals surface area contributed by atoms with Gasteiger partial charge in [0.25, 0.3) is 5.56 Å². The molecule has 0 spiro atoms. The number of hydrogen-bond acceptors (Lipinski definition) is 4. The van der Waals surface area contributed by atoms with E-state index >= 15 is 0 Å². The van der Waals surface area contributed by atoms with Gasteiger partial charge in [0.2, 0.25) is 0 Å². The van der Waals surface area contributed by atoms with E-state index in [1.165, 1.54) is 28.0 Å². The van der Waals surface area contributed by atoms with Gasteiger partial charge in [0.05, 0.1) is 11.8 Å². The number of halogens is 1. The van der Waals surface area contributed by atoms with Crippen molar-refractivity contribution < 1.29 is 14.3 Å². The van der Waals surface area contributed by atoms with Crippen LogP contribution in [-0.2, 0) is 11.3 Å². The van der Waals surface area contributed by atoms with Crippen LogP contribution < -0.4 is 5.56 Å². The number of benzene rings is 1. The molecule has 1 aromatic carbocycles. The Kier molecular flexibility index (Phi) is 4.91. The fourth-order valence-corrected chi connectivity index (χ4v) is 4.08. The van der Waals surface area contributed by atoms with Crippen LogP contribution in [0.1, 0.15) is 36.9 Å². The second-order valence-corrected chi connectivity index (χ2v) is 7.65. The van der Waals surface area contributed by atoms with Gasteiger partial charge in [0.1, 0.15) is 16.5 Å². The highest BCUT2D eigenvalue weighted by Crippen LogP contribution is 2.36. The quantitative estimate of drug-likeness (QED) is 0.727. The second kappa shape index (κ2) is 6.99. The molecule has 2 aromatic heterocycles. The van der Waals surface area contributed by atoms with Crippen molar-refractivity contribution in [2.45, 2.75) is 39.7 Å². The third kappa shape index (κ3) is 3.26. The van der Waals surface area contributed by atoms with Crippen molar-refractivity contribution >= 4 is 27.5 Å². The first-order valence-electron chi connectivity index (χ1n) is 8.31. The predicted octanol–water partition coefficient (Wildman–Crippen LogP) is 4.17. The second-order valence-electron chi connectivity index (χ2n) is 6.45. The highest BCUT2D eigenvalue weighted by molar-refractivity contribution is 7.19. The molecule has 0 saturated heterocycles. The first-order valence-corrected chi connectivity index (χ1v) is 9.12. The lowest BCUT2D eigenvalue weighted by Crippen LogP contribution is -2.27. The van der Waals surface area contributed by atoms with Crippen LogP contribution >= 0.6 is 11.3 Å². The molecule has 0 bridgehead atoms. The number of carbonyl (C=O) groups is 1. The summed E-state index contributed by atoms with van der Waals surface area (Å²) >= 11 is 1.42. The van der Waals surface area contributed by atoms with E-state index in [4.69, 9.17) is 5.11 Å². The number of aliphatic carboxylic acids is 1. The molecule has 2 heterocycles. The SMILES string of the molecule is Cc1sc2nc(C(C)C)n(CCC(=O)O)c(=O)c2c1-c1ccc(F)cc1. The molecule has 1 N–H and O–H groups in total. The van der Waals surface area contributed by atoms with E-state index in [1.807, 2.05) is 20.8 Å². The van der Waals surface area contributed by atoms with E-state index in [1.54, 1.807) is 12.1 Å². The molecule has 0 amide bonds. The van der Waals surface area contributed by atoms with Crippen LogP contribution in [0.4, 0.5) is 4.39 Å². The fourth-order valence-electron chi connectivity index (χ4n) is 3.04. The lowest BCUT2D eigenvalue weighted by atomic mass is 10.0. The summed E-state index contributed by atoms with van der Waals surface area (Å²) in [6.07, 6.45) is -0.151. The number of rotatable bonds is 5. The Morgan fingerprint density at radius 1 is 1.31 bits per heavy atom. The normalized spacial score (nSPS) is 11.4. The van der Waals surface area contributed by atoms with Crippen LogP contribution in [0.25, 0.3) is 21.3 Å². The summed E-state index contributed by atoms with van der Waals surface area (Å²) in [6.45, 7) is 5.82. The summed E-state index contributed by atoms with van der Waals surface area (Å²) in [5.41, 5.74) is 1.24. The van der Waals surface area contributed by atoms with Gasteiger partial charge in [0, 0.05) is 22.9 Å². The topological polar surface area (TPSA) is 72.2 Å². The highest BCUT2D eigenvalue weighted by atomic mass is 32.1. The lowest BCUT2D eigenvalue weighted by molar-refractivity contribution is -0.137. The van der Waals surface area contributed by atoms with Crippen LogP contribution in [-0.4, -0.2) is 20.6 Å². The van der Waals surface area contributed by atoms with Crippen molar-refractivity contribution in [3.05, 3.63) is 51.1 Å². The summed E-state index contributed by atoms with van der Waals surface area (Å²) in [4.78, 5) is 30.4. The molecule has 0 fully saturated rings. The third-order valence-corrected chi connectivity index (χ3v) is 5.21. The van der Waals surface area contributed by atoms with Crippen LogP contribution in [0.5, 0.6) is 0 Å². The summed E-state index contributed by atoms with van der Waals surface area (Å²) in [5, 5.41) is 9.47. The van der Waals surface area contributed by atoms with Gasteiger partial charge in [0.15, 0.2) is 0 Å². The molecule has 26 heavy (non-hydrogen) atoms. The minimum atomic E-state index is -0.966. The zero-order valence-corrected chi connectivity index (χ0v) is 15.6. The molecule has 3 rings (SSSR count). The minimum Gasteiger partial charge on any atom is -0.481 e. The first-order chi connectivity index (χ1) is 12.3. The number of hydrogen-bond donors (Lipinski definition) is 1. The van der Waals surface area contributed by atoms with Crippen molar-refractivity contribution in [3.63, 3.8) is 0 Å². The maximum Gasteiger partial charge on any atom is 0.305 e. The number of carboxylic acids is 1. The summed E-state index contributed by atoms with van der Waals surface area (Å²) < 4.78 is 14.7. The molecule has 0 radical (unpaired) electrons. The molecule has 0 aliphatic carbocycles. The molecule has 7 heteroatoms. The number of thiophene rings is 1. The largest absolute Gasteiger partial charge is 0.481 e. The minimum absolute atomic E-state index is 0.0161. The molecular formula is C19H19FN2O3S. The Morgan fingerprint density at radius 3 is 2.54 bits per heavy atom. The molecule has 0 aliphatic heterocycles. The maximum atomic E-state index is 13.3. The van der Waals surface area contributed by atoms with Gasteiger partial charge < -0.3 is 5.11 Å². The predicted molar refractivity (Wildman–Crippen MR) is 100 cm³/mol. The first kappa shape index (κ1) is 18.3. The van der Waals surface area contributed by atoms with E-state index in [0.29, 0.717) is 16.0 Å². The van der Waals surface area contributed by atoms with Crippen molar-refractivity contribution in [3.8, 4) is 11.1 Å². The molecule has 0 atom stereocenters. The van der Waals surface area contributed by atoms with E-state index in [2.05, 4.69) is 4.98 Å². The smallest absolute Gasteiger partial charge is 0.305 e. The van der Waals surface area contributed by atoms with Gasteiger partial charge >= 0.3 is 5.97 Å². The van der Waals surface area contributed by atoms with Gasteiger partial charge in [-0.1, -0.05) is 26.0 Å². The van der Waals surface area contributed by atoms with E-state index < -0.39 is 5.97 Å². The zero-order chi connectivity index (χ0) is 19.0. The van der Waals surface area contributed by atoms with Gasteiger partial charge in [-0.2, -0.15) is 0 Å². The van der Waals surface area contributed by atoms with Gasteiger partial charge in [-0.05, 0) is 24.6 Å². The van der Waals surface area contributed by atoms with Crippen LogP contribution in [0.15, 0.2) is 29.1 Å². The van der Waals surface area contributed by atoms with E-state index in [0.717, 1.165) is 16.0 Å². The monoisotopic (exact) mass is 374 g/mol. The average Bonchev–Trinajstić information content (AvgIpc) is 2.90. The van der Waals surface area contributed by atoms with Gasteiger partial charge in [-0.25, -0.2) is 9.37 Å². The standard InChI is InChI=1S/C19H19FN2O3S/c1-10(2)17-21-18-16(19(25)22(17)9-8-14(23)24)15(11(3)26-18)12-4-6-13(20)7-5-12/h4-7,10H,8-9H2,1-3H3,(H,23,24). The Morgan fingerprint density at radius 2 is 1.96 bits per heavy atom. The Bertz CT molecular complexity index is 1040. The molecule has 3 aromatic rings. The summed E-state index contributed by atoms with van der Waals surface area (Å²) in [7, 11) is 0. The van der Waals surface area contributed by atoms with E-state index in [9.17, 15) is 14.0 Å². The Hall–Kier alpha value is -2.54. The third-order valence-electron chi connectivity index (χ3n) is 4.22. The molecular weight excluding hydrogens is 355 g/mol. The number of carboxylic acid groups (broad SMARTS) is 1. The van der Waals surface area contributed by atoms with E-state index in [-0.39, 0.29) is 30.3 Å². The average molecular weight is 374 g/mol. The number of fused-ring (bicyclic) bond motifs is 1. The van der Waals surface area contributed by atoms with Crippen LogP contribution in [0.3, 0.4) is 0 Å². The highest BCUT2D eigenvalue weighted by Gasteiger charge is 2.21. The fraction of sp³-hybridized carbons (Fsp3) is 0.316. The van der Waals surface area contributed by atoms with Crippen molar-refractivity contribution in [1.82, 2.24) is 9.55 Å². The number of aryl methyl sites for hydroxylation is 1. The van der Waals surface area contributed by atoms with Crippen LogP contribution in [0, 0.1) is 12.7 Å². The zero-order valence-electron chi connectivity index (χ0n) is 14.7. The number of aromatic nitrogens is 2. The van der Waals surface area contributed by atoms with Gasteiger partial charge in [-0.3, -0.25) is 14.2 Å². The molecule has 5 nitrogen and oxygen atoms in total. The molecule has 0 unspecified atom stereocenters. The molecule has 0 saturated carbocycles. The summed E-state index contributed by atoms with van der Waals surface area (Å²) in [5.74, 6) is -0.745. The Balaban J connectivity index is 2.30. The molecule has 136 valence electrons. The maximum absolute atomic E-state index is 13.3. The van der Waals surface area contributed by atoms with Gasteiger partial charge in [-0.15, -0.1) is 11.3 Å². The molecule has 0 aliphatic rings. The lowest BCUT2D eigenvalue weighted by Gasteiger charge is -2.14.